The first-order valence-electron chi connectivity index (χ1n) is 6.07. The van der Waals surface area contributed by atoms with Crippen molar-refractivity contribution in [1.29, 1.82) is 0 Å². The fraction of sp³-hybridized carbons (Fsp3) is 0.0667. The van der Waals surface area contributed by atoms with Gasteiger partial charge in [0.1, 0.15) is 4.34 Å². The molecule has 0 aliphatic carbocycles. The van der Waals surface area contributed by atoms with Crippen LogP contribution in [0.1, 0.15) is 5.56 Å². The molecule has 0 fully saturated rings. The van der Waals surface area contributed by atoms with Gasteiger partial charge in [0.2, 0.25) is 0 Å². The molecule has 0 N–H and O–H groups in total. The molecule has 0 atom stereocenters. The van der Waals surface area contributed by atoms with E-state index in [-0.39, 0.29) is 0 Å². The molecule has 0 saturated heterocycles. The molecule has 5 heteroatoms. The number of benzene rings is 2. The fourth-order valence-corrected chi connectivity index (χ4v) is 3.67. The molecule has 98 valence electrons. The van der Waals surface area contributed by atoms with Gasteiger partial charge in [-0.2, -0.15) is 0 Å². The first-order valence-corrected chi connectivity index (χ1v) is 7.26. The molecule has 0 aliphatic rings. The second-order valence-electron chi connectivity index (χ2n) is 4.34. The number of rotatable bonds is 3. The summed E-state index contributed by atoms with van der Waals surface area (Å²) in [5.74, 6) is 0. The van der Waals surface area contributed by atoms with Crippen LogP contribution in [0.4, 0.5) is 0 Å². The topological polar surface area (TPSA) is 48.8 Å². The Bertz CT molecular complexity index is 805. The Morgan fingerprint density at radius 3 is 2.70 bits per heavy atom. The third-order valence-corrected chi connectivity index (χ3v) is 4.45. The molecular weight excluding hydrogens is 290 g/mol. The van der Waals surface area contributed by atoms with Gasteiger partial charge in [0, 0.05) is 20.6 Å². The first-order chi connectivity index (χ1) is 9.79. The zero-order valence-electron chi connectivity index (χ0n) is 10.5. The summed E-state index contributed by atoms with van der Waals surface area (Å²) in [6.07, 6.45) is 0. The van der Waals surface area contributed by atoms with Crippen molar-refractivity contribution in [2.45, 2.75) is 6.54 Å². The van der Waals surface area contributed by atoms with E-state index in [1.165, 1.54) is 0 Å². The Balaban J connectivity index is 2.15. The first kappa shape index (κ1) is 13.0. The highest BCUT2D eigenvalue weighted by Crippen LogP contribution is 2.42. The highest BCUT2D eigenvalue weighted by Gasteiger charge is 2.12. The Kier molecular flexibility index (Phi) is 3.61. The smallest absolute Gasteiger partial charge is 0.102 e. The van der Waals surface area contributed by atoms with Gasteiger partial charge >= 0.3 is 0 Å². The molecule has 3 nitrogen and oxygen atoms in total. The average Bonchev–Trinajstić information content (AvgIpc) is 2.81. The molecule has 3 rings (SSSR count). The van der Waals surface area contributed by atoms with Crippen LogP contribution >= 0.6 is 22.9 Å². The number of thiophene rings is 1. The van der Waals surface area contributed by atoms with Crippen LogP contribution in [0.2, 0.25) is 4.34 Å². The van der Waals surface area contributed by atoms with Crippen LogP contribution in [-0.2, 0) is 6.54 Å². The summed E-state index contributed by atoms with van der Waals surface area (Å²) in [5, 5.41) is 4.72. The van der Waals surface area contributed by atoms with Crippen molar-refractivity contribution in [1.82, 2.24) is 0 Å². The Morgan fingerprint density at radius 2 is 1.95 bits per heavy atom. The quantitative estimate of drug-likeness (QED) is 0.322. The number of azide groups is 1. The molecular formula is C15H10ClN3S. The largest absolute Gasteiger partial charge is 0.123 e. The van der Waals surface area contributed by atoms with Crippen LogP contribution in [-0.4, -0.2) is 0 Å². The Hall–Kier alpha value is -2.00. The van der Waals surface area contributed by atoms with Gasteiger partial charge in [0.25, 0.3) is 0 Å². The predicted octanol–water partition coefficient (Wildman–Crippen LogP) is 6.03. The molecule has 1 aromatic heterocycles. The summed E-state index contributed by atoms with van der Waals surface area (Å²) in [5.41, 5.74) is 11.6. The van der Waals surface area contributed by atoms with Crippen molar-refractivity contribution in [3.8, 4) is 11.1 Å². The summed E-state index contributed by atoms with van der Waals surface area (Å²) in [6, 6.07) is 16.2. The van der Waals surface area contributed by atoms with Crippen LogP contribution in [0.5, 0.6) is 0 Å². The number of hydrogen-bond acceptors (Lipinski definition) is 2. The molecule has 0 spiro atoms. The van der Waals surface area contributed by atoms with Gasteiger partial charge in [0.15, 0.2) is 0 Å². The lowest BCUT2D eigenvalue weighted by atomic mass is 10.0. The summed E-state index contributed by atoms with van der Waals surface area (Å²) in [4.78, 5) is 2.78. The zero-order chi connectivity index (χ0) is 13.9. The third-order valence-electron chi connectivity index (χ3n) is 3.09. The lowest BCUT2D eigenvalue weighted by molar-refractivity contribution is 1.05. The second-order valence-corrected chi connectivity index (χ2v) is 5.99. The van der Waals surface area contributed by atoms with E-state index < -0.39 is 0 Å². The minimum atomic E-state index is 0.364. The van der Waals surface area contributed by atoms with Crippen molar-refractivity contribution in [3.05, 3.63) is 68.9 Å². The van der Waals surface area contributed by atoms with Gasteiger partial charge in [-0.1, -0.05) is 59.2 Å². The van der Waals surface area contributed by atoms with Gasteiger partial charge in [-0.25, -0.2) is 0 Å². The average molecular weight is 300 g/mol. The van der Waals surface area contributed by atoms with Gasteiger partial charge in [-0.05, 0) is 22.7 Å². The van der Waals surface area contributed by atoms with E-state index in [1.54, 1.807) is 11.3 Å². The molecule has 0 radical (unpaired) electrons. The summed E-state index contributed by atoms with van der Waals surface area (Å²) < 4.78 is 1.90. The van der Waals surface area contributed by atoms with E-state index in [2.05, 4.69) is 22.2 Å². The molecule has 0 saturated carbocycles. The van der Waals surface area contributed by atoms with E-state index in [0.29, 0.717) is 6.54 Å². The number of hydrogen-bond donors (Lipinski definition) is 0. The summed E-state index contributed by atoms with van der Waals surface area (Å²) in [6.45, 7) is 0.364. The lowest BCUT2D eigenvalue weighted by Gasteiger charge is -2.01. The predicted molar refractivity (Wildman–Crippen MR) is 85.1 cm³/mol. The molecule has 3 aromatic rings. The summed E-state index contributed by atoms with van der Waals surface area (Å²) >= 11 is 7.95. The normalized spacial score (nSPS) is 10.4. The van der Waals surface area contributed by atoms with Gasteiger partial charge in [0.05, 0.1) is 6.54 Å². The second kappa shape index (κ2) is 5.55. The van der Waals surface area contributed by atoms with E-state index in [9.17, 15) is 0 Å². The van der Waals surface area contributed by atoms with E-state index in [4.69, 9.17) is 17.1 Å². The molecule has 2 aromatic carbocycles. The zero-order valence-corrected chi connectivity index (χ0v) is 12.0. The minimum absolute atomic E-state index is 0.364. The van der Waals surface area contributed by atoms with Gasteiger partial charge < -0.3 is 0 Å². The standard InChI is InChI=1S/C15H10ClN3S/c16-15-14(11-4-2-1-3-5-11)12-7-6-10(9-18-19-17)8-13(12)20-15/h1-8H,9H2. The van der Waals surface area contributed by atoms with Crippen LogP contribution in [0, 0.1) is 0 Å². The molecule has 1 heterocycles. The van der Waals surface area contributed by atoms with Crippen LogP contribution in [0.3, 0.4) is 0 Å². The SMILES string of the molecule is [N-]=[N+]=NCc1ccc2c(-c3ccccc3)c(Cl)sc2c1. The van der Waals surface area contributed by atoms with E-state index >= 15 is 0 Å². The van der Waals surface area contributed by atoms with Gasteiger partial charge in [-0.15, -0.1) is 11.3 Å². The number of nitrogens with zero attached hydrogens (tertiary/aromatic N) is 3. The van der Waals surface area contributed by atoms with Crippen LogP contribution < -0.4 is 0 Å². The molecule has 0 aliphatic heterocycles. The monoisotopic (exact) mass is 299 g/mol. The summed E-state index contributed by atoms with van der Waals surface area (Å²) in [7, 11) is 0. The number of halogens is 1. The van der Waals surface area contributed by atoms with E-state index in [0.717, 1.165) is 31.1 Å². The molecule has 0 amide bonds. The Morgan fingerprint density at radius 1 is 1.15 bits per heavy atom. The third kappa shape index (κ3) is 2.37. The Labute approximate surface area is 125 Å². The maximum atomic E-state index is 8.38. The fourth-order valence-electron chi connectivity index (χ4n) is 2.20. The van der Waals surface area contributed by atoms with E-state index in [1.807, 2.05) is 36.4 Å². The van der Waals surface area contributed by atoms with Crippen molar-refractivity contribution in [3.63, 3.8) is 0 Å². The van der Waals surface area contributed by atoms with Crippen molar-refractivity contribution in [2.24, 2.45) is 5.11 Å². The maximum Gasteiger partial charge on any atom is 0.102 e. The molecule has 0 bridgehead atoms. The lowest BCUT2D eigenvalue weighted by Crippen LogP contribution is -1.80. The van der Waals surface area contributed by atoms with Gasteiger partial charge in [-0.3, -0.25) is 0 Å². The number of fused-ring (bicyclic) bond motifs is 1. The van der Waals surface area contributed by atoms with Crippen molar-refractivity contribution < 1.29 is 0 Å². The van der Waals surface area contributed by atoms with Crippen LogP contribution in [0.15, 0.2) is 53.6 Å². The highest BCUT2D eigenvalue weighted by molar-refractivity contribution is 7.23. The van der Waals surface area contributed by atoms with Crippen LogP contribution in [0.25, 0.3) is 31.7 Å². The van der Waals surface area contributed by atoms with Crippen molar-refractivity contribution in [2.75, 3.05) is 0 Å². The molecule has 20 heavy (non-hydrogen) atoms. The highest BCUT2D eigenvalue weighted by atomic mass is 35.5. The molecule has 0 unspecified atom stereocenters. The minimum Gasteiger partial charge on any atom is -0.123 e. The van der Waals surface area contributed by atoms with Crippen molar-refractivity contribution >= 4 is 33.0 Å². The maximum absolute atomic E-state index is 8.38.